The van der Waals surface area contributed by atoms with E-state index in [4.69, 9.17) is 11.6 Å². The maximum absolute atomic E-state index is 13.4. The summed E-state index contributed by atoms with van der Waals surface area (Å²) in [5, 5.41) is 8.08. The molecule has 1 amide bonds. The summed E-state index contributed by atoms with van der Waals surface area (Å²) in [5.74, 6) is -2.11. The van der Waals surface area contributed by atoms with Crippen LogP contribution in [0.2, 0.25) is 5.02 Å². The predicted octanol–water partition coefficient (Wildman–Crippen LogP) is 1.67. The third-order valence-corrected chi connectivity index (χ3v) is 2.43. The number of nitrogens with zero attached hydrogens (tertiary/aromatic N) is 2. The summed E-state index contributed by atoms with van der Waals surface area (Å²) < 4.78 is 26.5. The molecule has 0 aliphatic rings. The monoisotopic (exact) mass is 272 g/mol. The number of hydrogen-bond donors (Lipinski definition) is 2. The van der Waals surface area contributed by atoms with Gasteiger partial charge in [0.05, 0.1) is 17.1 Å². The van der Waals surface area contributed by atoms with Crippen molar-refractivity contribution in [3.8, 4) is 0 Å². The number of hydrogen-bond acceptors (Lipinski definition) is 3. The Labute approximate surface area is 105 Å². The number of aromatic amines is 1. The molecule has 8 heteroatoms. The number of amides is 1. The second-order valence-corrected chi connectivity index (χ2v) is 3.77. The molecule has 94 valence electrons. The normalized spacial score (nSPS) is 10.4. The van der Waals surface area contributed by atoms with Gasteiger partial charge in [-0.1, -0.05) is 11.6 Å². The van der Waals surface area contributed by atoms with Crippen LogP contribution in [0.25, 0.3) is 0 Å². The van der Waals surface area contributed by atoms with E-state index < -0.39 is 23.1 Å². The summed E-state index contributed by atoms with van der Waals surface area (Å²) in [6, 6.07) is 1.49. The minimum absolute atomic E-state index is 0.0303. The molecule has 0 fully saturated rings. The quantitative estimate of drug-likeness (QED) is 0.835. The number of benzene rings is 1. The van der Waals surface area contributed by atoms with Crippen LogP contribution < -0.4 is 5.32 Å². The van der Waals surface area contributed by atoms with Gasteiger partial charge in [-0.2, -0.15) is 5.10 Å². The van der Waals surface area contributed by atoms with E-state index in [1.165, 1.54) is 6.33 Å². The Kier molecular flexibility index (Phi) is 3.52. The summed E-state index contributed by atoms with van der Waals surface area (Å²) in [4.78, 5) is 15.4. The molecule has 0 spiro atoms. The van der Waals surface area contributed by atoms with Gasteiger partial charge in [0.15, 0.2) is 0 Å². The smallest absolute Gasteiger partial charge is 0.254 e. The summed E-state index contributed by atoms with van der Waals surface area (Å²) >= 11 is 5.38. The van der Waals surface area contributed by atoms with Gasteiger partial charge < -0.3 is 5.32 Å². The topological polar surface area (TPSA) is 70.7 Å². The first kappa shape index (κ1) is 12.4. The average Bonchev–Trinajstić information content (AvgIpc) is 2.84. The lowest BCUT2D eigenvalue weighted by atomic mass is 10.2. The maximum Gasteiger partial charge on any atom is 0.254 e. The van der Waals surface area contributed by atoms with Gasteiger partial charge in [0.2, 0.25) is 0 Å². The van der Waals surface area contributed by atoms with Crippen LogP contribution in [0.15, 0.2) is 18.5 Å². The fraction of sp³-hybridized carbons (Fsp3) is 0.100. The molecule has 0 saturated heterocycles. The Morgan fingerprint density at radius 3 is 2.83 bits per heavy atom. The van der Waals surface area contributed by atoms with E-state index in [1.54, 1.807) is 0 Å². The van der Waals surface area contributed by atoms with Gasteiger partial charge in [-0.15, -0.1) is 0 Å². The van der Waals surface area contributed by atoms with E-state index >= 15 is 0 Å². The van der Waals surface area contributed by atoms with Crippen LogP contribution in [-0.2, 0) is 6.54 Å². The first-order valence-corrected chi connectivity index (χ1v) is 5.22. The third kappa shape index (κ3) is 2.62. The molecule has 1 heterocycles. The largest absolute Gasteiger partial charge is 0.345 e. The molecule has 0 aliphatic heterocycles. The lowest BCUT2D eigenvalue weighted by Gasteiger charge is -2.05. The number of rotatable bonds is 3. The Morgan fingerprint density at radius 2 is 2.17 bits per heavy atom. The average molecular weight is 273 g/mol. The van der Waals surface area contributed by atoms with Gasteiger partial charge in [0.25, 0.3) is 5.91 Å². The number of H-pyrrole nitrogens is 1. The molecule has 0 bridgehead atoms. The van der Waals surface area contributed by atoms with Crippen LogP contribution in [0.4, 0.5) is 8.78 Å². The lowest BCUT2D eigenvalue weighted by Crippen LogP contribution is -2.24. The standard InChI is InChI=1S/C10H7ClF2N4O/c11-6-2-7(12)5(1-8(6)13)10(18)14-3-9-15-4-16-17-9/h1-2,4H,3H2,(H,14,18)(H,15,16,17). The Bertz CT molecular complexity index is 574. The first-order valence-electron chi connectivity index (χ1n) is 4.85. The van der Waals surface area contributed by atoms with Crippen molar-refractivity contribution >= 4 is 17.5 Å². The molecule has 5 nitrogen and oxygen atoms in total. The van der Waals surface area contributed by atoms with Crippen molar-refractivity contribution in [2.45, 2.75) is 6.54 Å². The molecule has 1 aromatic carbocycles. The van der Waals surface area contributed by atoms with E-state index in [-0.39, 0.29) is 11.6 Å². The molecule has 2 N–H and O–H groups in total. The van der Waals surface area contributed by atoms with Crippen LogP contribution >= 0.6 is 11.6 Å². The number of nitrogens with one attached hydrogen (secondary N) is 2. The van der Waals surface area contributed by atoms with Crippen LogP contribution in [0.1, 0.15) is 16.2 Å². The summed E-state index contributed by atoms with van der Waals surface area (Å²) in [6.45, 7) is 0.0303. The lowest BCUT2D eigenvalue weighted by molar-refractivity contribution is 0.0945. The minimum atomic E-state index is -0.892. The van der Waals surface area contributed by atoms with E-state index in [2.05, 4.69) is 20.5 Å². The molecule has 1 aromatic heterocycles. The van der Waals surface area contributed by atoms with Gasteiger partial charge in [0.1, 0.15) is 23.8 Å². The van der Waals surface area contributed by atoms with Crippen molar-refractivity contribution < 1.29 is 13.6 Å². The number of halogens is 3. The molecule has 2 rings (SSSR count). The van der Waals surface area contributed by atoms with Crippen LogP contribution in [-0.4, -0.2) is 21.1 Å². The molecule has 0 aliphatic carbocycles. The highest BCUT2D eigenvalue weighted by Crippen LogP contribution is 2.19. The number of aromatic nitrogens is 3. The number of carbonyl (C=O) groups excluding carboxylic acids is 1. The van der Waals surface area contributed by atoms with Crippen molar-refractivity contribution in [2.24, 2.45) is 0 Å². The van der Waals surface area contributed by atoms with E-state index in [9.17, 15) is 13.6 Å². The maximum atomic E-state index is 13.4. The van der Waals surface area contributed by atoms with E-state index in [0.29, 0.717) is 5.82 Å². The first-order chi connectivity index (χ1) is 8.58. The van der Waals surface area contributed by atoms with Gasteiger partial charge in [-0.05, 0) is 12.1 Å². The molecule has 0 saturated carbocycles. The highest BCUT2D eigenvalue weighted by atomic mass is 35.5. The van der Waals surface area contributed by atoms with Gasteiger partial charge >= 0.3 is 0 Å². The highest BCUT2D eigenvalue weighted by Gasteiger charge is 2.15. The zero-order valence-corrected chi connectivity index (χ0v) is 9.63. The SMILES string of the molecule is O=C(NCc1ncn[nH]1)c1cc(F)c(Cl)cc1F. The summed E-state index contributed by atoms with van der Waals surface area (Å²) in [6.07, 6.45) is 1.27. The summed E-state index contributed by atoms with van der Waals surface area (Å²) in [5.41, 5.74) is -0.420. The molecule has 0 radical (unpaired) electrons. The van der Waals surface area contributed by atoms with Gasteiger partial charge in [0, 0.05) is 0 Å². The summed E-state index contributed by atoms with van der Waals surface area (Å²) in [7, 11) is 0. The van der Waals surface area contributed by atoms with Crippen LogP contribution in [0.3, 0.4) is 0 Å². The molecular formula is C10H7ClF2N4O. The minimum Gasteiger partial charge on any atom is -0.345 e. The Balaban J connectivity index is 2.11. The van der Waals surface area contributed by atoms with Crippen molar-refractivity contribution in [3.63, 3.8) is 0 Å². The van der Waals surface area contributed by atoms with Crippen molar-refractivity contribution in [2.75, 3.05) is 0 Å². The third-order valence-electron chi connectivity index (χ3n) is 2.14. The predicted molar refractivity (Wildman–Crippen MR) is 58.9 cm³/mol. The molecule has 0 atom stereocenters. The fourth-order valence-electron chi connectivity index (χ4n) is 1.27. The van der Waals surface area contributed by atoms with Gasteiger partial charge in [-0.25, -0.2) is 13.8 Å². The molecule has 2 aromatic rings. The zero-order chi connectivity index (χ0) is 13.1. The van der Waals surface area contributed by atoms with Crippen molar-refractivity contribution in [1.29, 1.82) is 0 Å². The molecule has 0 unspecified atom stereocenters. The zero-order valence-electron chi connectivity index (χ0n) is 8.88. The Hall–Kier alpha value is -2.02. The second-order valence-electron chi connectivity index (χ2n) is 3.36. The van der Waals surface area contributed by atoms with E-state index in [0.717, 1.165) is 12.1 Å². The van der Waals surface area contributed by atoms with Crippen LogP contribution in [0, 0.1) is 11.6 Å². The number of carbonyl (C=O) groups is 1. The fourth-order valence-corrected chi connectivity index (χ4v) is 1.42. The Morgan fingerprint density at radius 1 is 1.39 bits per heavy atom. The highest BCUT2D eigenvalue weighted by molar-refractivity contribution is 6.30. The van der Waals surface area contributed by atoms with E-state index in [1.807, 2.05) is 0 Å². The van der Waals surface area contributed by atoms with Crippen LogP contribution in [0.5, 0.6) is 0 Å². The van der Waals surface area contributed by atoms with Crippen molar-refractivity contribution in [3.05, 3.63) is 46.5 Å². The molecular weight excluding hydrogens is 266 g/mol. The van der Waals surface area contributed by atoms with Crippen molar-refractivity contribution in [1.82, 2.24) is 20.5 Å². The molecule has 18 heavy (non-hydrogen) atoms. The van der Waals surface area contributed by atoms with Gasteiger partial charge in [-0.3, -0.25) is 9.89 Å². The second kappa shape index (κ2) is 5.09.